The minimum Gasteiger partial charge on any atom is -0.389 e. The Hall–Kier alpha value is -0.940. The zero-order chi connectivity index (χ0) is 18.4. The van der Waals surface area contributed by atoms with E-state index >= 15 is 0 Å². The Balaban J connectivity index is 3.11. The van der Waals surface area contributed by atoms with E-state index in [0.29, 0.717) is 18.8 Å². The standard InChI is InChI=1S/C20H34O4/c1-15(2)17-8-11-19(4,22)14-18(21)13-16(3)7-6-10-20(5,24-23)12-9-17/h6,8,10-11,13,15,17-18,21-23H,7,9,12,14H2,1-5H3/b10-6+,11-8+,16-13+/t17-,18-,19+,20+/m0/s1. The number of hydrogen-bond donors (Lipinski definition) is 3. The summed E-state index contributed by atoms with van der Waals surface area (Å²) in [6, 6.07) is 0. The maximum Gasteiger partial charge on any atom is 0.119 e. The molecule has 0 aromatic rings. The van der Waals surface area contributed by atoms with Gasteiger partial charge in [-0.3, -0.25) is 5.26 Å². The molecule has 0 saturated heterocycles. The first-order valence-electron chi connectivity index (χ1n) is 8.84. The second-order valence-electron chi connectivity index (χ2n) is 7.96. The third kappa shape index (κ3) is 7.31. The van der Waals surface area contributed by atoms with Crippen LogP contribution in [0, 0.1) is 11.8 Å². The van der Waals surface area contributed by atoms with Gasteiger partial charge in [0.15, 0.2) is 0 Å². The highest BCUT2D eigenvalue weighted by Gasteiger charge is 2.26. The monoisotopic (exact) mass is 338 g/mol. The van der Waals surface area contributed by atoms with E-state index in [4.69, 9.17) is 4.89 Å². The summed E-state index contributed by atoms with van der Waals surface area (Å²) in [7, 11) is 0. The molecule has 0 heterocycles. The summed E-state index contributed by atoms with van der Waals surface area (Å²) in [5, 5.41) is 30.0. The summed E-state index contributed by atoms with van der Waals surface area (Å²) < 4.78 is 0. The summed E-state index contributed by atoms with van der Waals surface area (Å²) in [6.45, 7) is 9.80. The summed E-state index contributed by atoms with van der Waals surface area (Å²) in [5.41, 5.74) is -0.775. The molecule has 3 N–H and O–H groups in total. The Morgan fingerprint density at radius 3 is 2.50 bits per heavy atom. The topological polar surface area (TPSA) is 69.9 Å². The van der Waals surface area contributed by atoms with Gasteiger partial charge in [-0.25, -0.2) is 4.89 Å². The molecule has 1 aliphatic carbocycles. The number of allylic oxidation sites excluding steroid dienone is 3. The van der Waals surface area contributed by atoms with Crippen LogP contribution in [-0.2, 0) is 4.89 Å². The van der Waals surface area contributed by atoms with E-state index in [-0.39, 0.29) is 12.3 Å². The molecule has 1 aliphatic rings. The number of hydrogen-bond acceptors (Lipinski definition) is 4. The molecule has 0 amide bonds. The first-order valence-corrected chi connectivity index (χ1v) is 8.84. The van der Waals surface area contributed by atoms with E-state index in [1.807, 2.05) is 32.1 Å². The van der Waals surface area contributed by atoms with Crippen LogP contribution >= 0.6 is 0 Å². The van der Waals surface area contributed by atoms with Gasteiger partial charge in [-0.15, -0.1) is 0 Å². The van der Waals surface area contributed by atoms with Crippen LogP contribution in [-0.4, -0.2) is 32.8 Å². The van der Waals surface area contributed by atoms with Crippen molar-refractivity contribution in [1.82, 2.24) is 0 Å². The van der Waals surface area contributed by atoms with Crippen molar-refractivity contribution in [1.29, 1.82) is 0 Å². The predicted molar refractivity (Wildman–Crippen MR) is 97.6 cm³/mol. The Bertz CT molecular complexity index is 476. The van der Waals surface area contributed by atoms with E-state index in [0.717, 1.165) is 12.0 Å². The molecule has 0 spiro atoms. The lowest BCUT2D eigenvalue weighted by atomic mass is 9.84. The van der Waals surface area contributed by atoms with Crippen LogP contribution in [0.3, 0.4) is 0 Å². The van der Waals surface area contributed by atoms with Crippen molar-refractivity contribution >= 4 is 0 Å². The molecular formula is C20H34O4. The first-order chi connectivity index (χ1) is 11.1. The zero-order valence-electron chi connectivity index (χ0n) is 15.7. The molecule has 4 nitrogen and oxygen atoms in total. The highest BCUT2D eigenvalue weighted by atomic mass is 17.1. The summed E-state index contributed by atoms with van der Waals surface area (Å²) in [6.07, 6.45) is 11.2. The minimum absolute atomic E-state index is 0.261. The fourth-order valence-electron chi connectivity index (χ4n) is 3.04. The van der Waals surface area contributed by atoms with Crippen LogP contribution in [0.25, 0.3) is 0 Å². The number of aliphatic hydroxyl groups excluding tert-OH is 1. The molecule has 4 heteroatoms. The van der Waals surface area contributed by atoms with Crippen molar-refractivity contribution in [2.24, 2.45) is 11.8 Å². The summed E-state index contributed by atoms with van der Waals surface area (Å²) in [4.78, 5) is 4.73. The molecule has 0 bridgehead atoms. The van der Waals surface area contributed by atoms with Gasteiger partial charge in [0, 0.05) is 6.42 Å². The summed E-state index contributed by atoms with van der Waals surface area (Å²) in [5.74, 6) is 0.667. The lowest BCUT2D eigenvalue weighted by Gasteiger charge is -2.27. The van der Waals surface area contributed by atoms with E-state index in [9.17, 15) is 15.5 Å². The lowest BCUT2D eigenvalue weighted by Crippen LogP contribution is -2.28. The van der Waals surface area contributed by atoms with E-state index in [1.54, 1.807) is 19.1 Å². The highest BCUT2D eigenvalue weighted by Crippen LogP contribution is 2.28. The van der Waals surface area contributed by atoms with Gasteiger partial charge in [0.25, 0.3) is 0 Å². The van der Waals surface area contributed by atoms with Crippen molar-refractivity contribution in [2.45, 2.75) is 77.6 Å². The van der Waals surface area contributed by atoms with E-state index < -0.39 is 17.3 Å². The Morgan fingerprint density at radius 1 is 1.25 bits per heavy atom. The average Bonchev–Trinajstić information content (AvgIpc) is 2.45. The second kappa shape index (κ2) is 8.95. The van der Waals surface area contributed by atoms with Crippen LogP contribution in [0.15, 0.2) is 36.0 Å². The van der Waals surface area contributed by atoms with Gasteiger partial charge in [0.2, 0.25) is 0 Å². The van der Waals surface area contributed by atoms with Crippen LogP contribution < -0.4 is 0 Å². The molecule has 4 atom stereocenters. The Kier molecular flexibility index (Phi) is 7.87. The van der Waals surface area contributed by atoms with Crippen LogP contribution in [0.5, 0.6) is 0 Å². The molecule has 0 aromatic heterocycles. The first kappa shape index (κ1) is 21.1. The predicted octanol–water partition coefficient (Wildman–Crippen LogP) is 4.25. The summed E-state index contributed by atoms with van der Waals surface area (Å²) >= 11 is 0. The van der Waals surface area contributed by atoms with E-state index in [2.05, 4.69) is 13.8 Å². The highest BCUT2D eigenvalue weighted by molar-refractivity contribution is 5.12. The lowest BCUT2D eigenvalue weighted by molar-refractivity contribution is -0.304. The smallest absolute Gasteiger partial charge is 0.119 e. The van der Waals surface area contributed by atoms with Crippen molar-refractivity contribution in [3.05, 3.63) is 36.0 Å². The second-order valence-corrected chi connectivity index (χ2v) is 7.96. The molecule has 0 unspecified atom stereocenters. The van der Waals surface area contributed by atoms with Crippen molar-refractivity contribution in [3.63, 3.8) is 0 Å². The molecule has 0 radical (unpaired) electrons. The van der Waals surface area contributed by atoms with Crippen LogP contribution in [0.1, 0.15) is 60.3 Å². The fraction of sp³-hybridized carbons (Fsp3) is 0.700. The van der Waals surface area contributed by atoms with Crippen molar-refractivity contribution in [2.75, 3.05) is 0 Å². The largest absolute Gasteiger partial charge is 0.389 e. The van der Waals surface area contributed by atoms with Gasteiger partial charge in [-0.1, -0.05) is 49.8 Å². The molecule has 1 rings (SSSR count). The number of aliphatic hydroxyl groups is 2. The SMILES string of the molecule is C/C1=C\[C@H](O)C[C@](C)(O)/C=C/[C@H](C(C)C)CC[C@](C)(OO)/C=C/C1. The maximum atomic E-state index is 10.5. The normalized spacial score (nSPS) is 41.3. The molecule has 138 valence electrons. The zero-order valence-corrected chi connectivity index (χ0v) is 15.7. The van der Waals surface area contributed by atoms with Crippen LogP contribution in [0.2, 0.25) is 0 Å². The van der Waals surface area contributed by atoms with Gasteiger partial charge in [-0.2, -0.15) is 0 Å². The third-order valence-corrected chi connectivity index (χ3v) is 4.75. The van der Waals surface area contributed by atoms with Crippen molar-refractivity contribution < 1.29 is 20.4 Å². The van der Waals surface area contributed by atoms with Gasteiger partial charge >= 0.3 is 0 Å². The average molecular weight is 338 g/mol. The van der Waals surface area contributed by atoms with Gasteiger partial charge in [0.1, 0.15) is 5.60 Å². The third-order valence-electron chi connectivity index (χ3n) is 4.75. The molecule has 0 aromatic carbocycles. The molecule has 24 heavy (non-hydrogen) atoms. The van der Waals surface area contributed by atoms with Gasteiger partial charge in [-0.05, 0) is 51.9 Å². The van der Waals surface area contributed by atoms with Crippen molar-refractivity contribution in [3.8, 4) is 0 Å². The molecule has 0 saturated carbocycles. The van der Waals surface area contributed by atoms with Gasteiger partial charge in [0.05, 0.1) is 11.7 Å². The Labute approximate surface area is 146 Å². The quantitative estimate of drug-likeness (QED) is 0.400. The van der Waals surface area contributed by atoms with Gasteiger partial charge < -0.3 is 10.2 Å². The van der Waals surface area contributed by atoms with E-state index in [1.165, 1.54) is 0 Å². The molecule has 0 fully saturated rings. The Morgan fingerprint density at radius 2 is 1.92 bits per heavy atom. The fourth-order valence-corrected chi connectivity index (χ4v) is 3.04. The molecular weight excluding hydrogens is 304 g/mol. The molecule has 0 aliphatic heterocycles. The minimum atomic E-state index is -1.06. The maximum absolute atomic E-state index is 10.5. The van der Waals surface area contributed by atoms with Crippen LogP contribution in [0.4, 0.5) is 0 Å². The number of rotatable bonds is 2.